The monoisotopic (exact) mass is 368 g/mol. The molecule has 0 fully saturated rings. The van der Waals surface area contributed by atoms with E-state index in [2.05, 4.69) is 20.6 Å². The van der Waals surface area contributed by atoms with Crippen molar-refractivity contribution in [3.05, 3.63) is 71.0 Å². The highest BCUT2D eigenvalue weighted by atomic mass is 35.5. The van der Waals surface area contributed by atoms with Gasteiger partial charge in [-0.2, -0.15) is 0 Å². The van der Waals surface area contributed by atoms with Crippen molar-refractivity contribution in [3.63, 3.8) is 0 Å². The summed E-state index contributed by atoms with van der Waals surface area (Å²) in [7, 11) is 0. The van der Waals surface area contributed by atoms with Crippen LogP contribution in [-0.4, -0.2) is 16.6 Å². The largest absolute Gasteiger partial charge is 0.492 e. The summed E-state index contributed by atoms with van der Waals surface area (Å²) in [5.41, 5.74) is 2.00. The maximum Gasteiger partial charge on any atom is 0.142 e. The van der Waals surface area contributed by atoms with Gasteiger partial charge in [0.25, 0.3) is 0 Å². The van der Waals surface area contributed by atoms with E-state index in [1.165, 1.54) is 0 Å². The standard InChI is InChI=1S/C20H21ClN4O/c1-3-26-18-7-5-4-6-17(18)25-20-12-19(23-14(2)24-20)22-13-15-8-10-16(21)11-9-15/h4-12H,3,13H2,1-2H3,(H2,22,23,24,25). The summed E-state index contributed by atoms with van der Waals surface area (Å²) in [6, 6.07) is 17.4. The van der Waals surface area contributed by atoms with Crippen LogP contribution in [0.15, 0.2) is 54.6 Å². The Morgan fingerprint density at radius 1 is 1.00 bits per heavy atom. The molecule has 0 amide bonds. The molecule has 5 nitrogen and oxygen atoms in total. The van der Waals surface area contributed by atoms with Crippen molar-refractivity contribution in [2.45, 2.75) is 20.4 Å². The molecule has 0 bridgehead atoms. The number of hydrogen-bond donors (Lipinski definition) is 2. The first kappa shape index (κ1) is 18.0. The highest BCUT2D eigenvalue weighted by Crippen LogP contribution is 2.27. The first-order valence-electron chi connectivity index (χ1n) is 8.47. The third-order valence-electron chi connectivity index (χ3n) is 3.67. The third-order valence-corrected chi connectivity index (χ3v) is 3.93. The zero-order chi connectivity index (χ0) is 18.4. The number of aryl methyl sites for hydroxylation is 1. The Bertz CT molecular complexity index is 868. The summed E-state index contributed by atoms with van der Waals surface area (Å²) in [5, 5.41) is 7.36. The van der Waals surface area contributed by atoms with E-state index in [-0.39, 0.29) is 0 Å². The van der Waals surface area contributed by atoms with E-state index < -0.39 is 0 Å². The fourth-order valence-corrected chi connectivity index (χ4v) is 2.63. The molecule has 0 aliphatic rings. The van der Waals surface area contributed by atoms with E-state index in [1.54, 1.807) is 0 Å². The van der Waals surface area contributed by atoms with Gasteiger partial charge in [0.2, 0.25) is 0 Å². The second kappa shape index (κ2) is 8.54. The smallest absolute Gasteiger partial charge is 0.142 e. The number of nitrogens with one attached hydrogen (secondary N) is 2. The molecule has 0 aliphatic carbocycles. The van der Waals surface area contributed by atoms with Crippen molar-refractivity contribution in [1.82, 2.24) is 9.97 Å². The second-order valence-corrected chi connectivity index (χ2v) is 6.16. The molecule has 0 saturated heterocycles. The molecular formula is C20H21ClN4O. The molecule has 0 atom stereocenters. The van der Waals surface area contributed by atoms with Crippen LogP contribution in [0.4, 0.5) is 17.3 Å². The lowest BCUT2D eigenvalue weighted by Gasteiger charge is -2.13. The van der Waals surface area contributed by atoms with Gasteiger partial charge < -0.3 is 15.4 Å². The molecule has 26 heavy (non-hydrogen) atoms. The van der Waals surface area contributed by atoms with Crippen molar-refractivity contribution in [2.24, 2.45) is 0 Å². The molecule has 0 radical (unpaired) electrons. The quantitative estimate of drug-likeness (QED) is 0.600. The van der Waals surface area contributed by atoms with Crippen molar-refractivity contribution in [1.29, 1.82) is 0 Å². The van der Waals surface area contributed by atoms with Crippen molar-refractivity contribution in [3.8, 4) is 5.75 Å². The maximum absolute atomic E-state index is 5.92. The Labute approximate surface area is 158 Å². The molecule has 1 aromatic heterocycles. The van der Waals surface area contributed by atoms with Gasteiger partial charge in [-0.1, -0.05) is 35.9 Å². The van der Waals surface area contributed by atoms with Crippen LogP contribution >= 0.6 is 11.6 Å². The molecule has 0 unspecified atom stereocenters. The molecule has 2 N–H and O–H groups in total. The average molecular weight is 369 g/mol. The van der Waals surface area contributed by atoms with Gasteiger partial charge in [0.05, 0.1) is 12.3 Å². The Morgan fingerprint density at radius 2 is 1.73 bits per heavy atom. The van der Waals surface area contributed by atoms with Crippen LogP contribution in [-0.2, 0) is 6.54 Å². The number of nitrogens with zero attached hydrogens (tertiary/aromatic N) is 2. The van der Waals surface area contributed by atoms with Gasteiger partial charge in [0.15, 0.2) is 0 Å². The zero-order valence-corrected chi connectivity index (χ0v) is 15.5. The fourth-order valence-electron chi connectivity index (χ4n) is 2.51. The molecule has 6 heteroatoms. The molecule has 3 rings (SSSR count). The van der Waals surface area contributed by atoms with E-state index in [1.807, 2.05) is 68.4 Å². The molecule has 0 saturated carbocycles. The molecule has 134 valence electrons. The Hall–Kier alpha value is -2.79. The van der Waals surface area contributed by atoms with Gasteiger partial charge in [-0.3, -0.25) is 0 Å². The number of anilines is 3. The highest BCUT2D eigenvalue weighted by Gasteiger charge is 2.06. The van der Waals surface area contributed by atoms with Crippen LogP contribution in [0.25, 0.3) is 0 Å². The summed E-state index contributed by atoms with van der Waals surface area (Å²) in [4.78, 5) is 8.91. The SMILES string of the molecule is CCOc1ccccc1Nc1cc(NCc2ccc(Cl)cc2)nc(C)n1. The Kier molecular flexibility index (Phi) is 5.92. The first-order chi connectivity index (χ1) is 12.6. The summed E-state index contributed by atoms with van der Waals surface area (Å²) >= 11 is 5.92. The van der Waals surface area contributed by atoms with E-state index in [0.717, 1.165) is 27.8 Å². The number of ether oxygens (including phenoxy) is 1. The van der Waals surface area contributed by atoms with Crippen LogP contribution in [0, 0.1) is 6.92 Å². The van der Waals surface area contributed by atoms with E-state index >= 15 is 0 Å². The predicted octanol–water partition coefficient (Wildman–Crippen LogP) is 5.19. The van der Waals surface area contributed by atoms with E-state index in [0.29, 0.717) is 24.8 Å². The van der Waals surface area contributed by atoms with Gasteiger partial charge in [-0.05, 0) is 43.7 Å². The fraction of sp³-hybridized carbons (Fsp3) is 0.200. The number of rotatable bonds is 7. The number of para-hydroxylation sites is 2. The summed E-state index contributed by atoms with van der Waals surface area (Å²) in [6.45, 7) is 5.09. The van der Waals surface area contributed by atoms with E-state index in [9.17, 15) is 0 Å². The van der Waals surface area contributed by atoms with Gasteiger partial charge in [-0.15, -0.1) is 0 Å². The zero-order valence-electron chi connectivity index (χ0n) is 14.8. The Morgan fingerprint density at radius 3 is 2.50 bits per heavy atom. The molecule has 2 aromatic carbocycles. The topological polar surface area (TPSA) is 59.1 Å². The Balaban J connectivity index is 1.74. The predicted molar refractivity (Wildman–Crippen MR) is 106 cm³/mol. The van der Waals surface area contributed by atoms with Crippen molar-refractivity contribution < 1.29 is 4.74 Å². The van der Waals surface area contributed by atoms with Crippen LogP contribution in [0.1, 0.15) is 18.3 Å². The van der Waals surface area contributed by atoms with Crippen molar-refractivity contribution in [2.75, 3.05) is 17.2 Å². The van der Waals surface area contributed by atoms with Gasteiger partial charge in [0.1, 0.15) is 23.2 Å². The number of aromatic nitrogens is 2. The molecule has 0 spiro atoms. The average Bonchev–Trinajstić information content (AvgIpc) is 2.63. The lowest BCUT2D eigenvalue weighted by Crippen LogP contribution is -2.05. The lowest BCUT2D eigenvalue weighted by atomic mass is 10.2. The van der Waals surface area contributed by atoms with Gasteiger partial charge >= 0.3 is 0 Å². The summed E-state index contributed by atoms with van der Waals surface area (Å²) in [5.74, 6) is 2.94. The maximum atomic E-state index is 5.92. The van der Waals surface area contributed by atoms with Gasteiger partial charge in [-0.25, -0.2) is 9.97 Å². The normalized spacial score (nSPS) is 10.4. The number of halogens is 1. The minimum absolute atomic E-state index is 0.607. The summed E-state index contributed by atoms with van der Waals surface area (Å²) < 4.78 is 5.65. The molecule has 3 aromatic rings. The number of benzene rings is 2. The van der Waals surface area contributed by atoms with Crippen LogP contribution < -0.4 is 15.4 Å². The molecule has 0 aliphatic heterocycles. The highest BCUT2D eigenvalue weighted by molar-refractivity contribution is 6.30. The molecule has 1 heterocycles. The number of hydrogen-bond acceptors (Lipinski definition) is 5. The van der Waals surface area contributed by atoms with Crippen molar-refractivity contribution >= 4 is 28.9 Å². The lowest BCUT2D eigenvalue weighted by molar-refractivity contribution is 0.342. The van der Waals surface area contributed by atoms with Crippen LogP contribution in [0.2, 0.25) is 5.02 Å². The van der Waals surface area contributed by atoms with Gasteiger partial charge in [0, 0.05) is 17.6 Å². The minimum atomic E-state index is 0.607. The minimum Gasteiger partial charge on any atom is -0.492 e. The molecular weight excluding hydrogens is 348 g/mol. The third kappa shape index (κ3) is 4.86. The second-order valence-electron chi connectivity index (χ2n) is 5.72. The van der Waals surface area contributed by atoms with Crippen LogP contribution in [0.3, 0.4) is 0 Å². The first-order valence-corrected chi connectivity index (χ1v) is 8.84. The van der Waals surface area contributed by atoms with E-state index in [4.69, 9.17) is 16.3 Å². The summed E-state index contributed by atoms with van der Waals surface area (Å²) in [6.07, 6.45) is 0. The van der Waals surface area contributed by atoms with Crippen LogP contribution in [0.5, 0.6) is 5.75 Å².